The molecule has 0 unspecified atom stereocenters. The predicted octanol–water partition coefficient (Wildman–Crippen LogP) is -1.60. The molecule has 0 aromatic heterocycles. The van der Waals surface area contributed by atoms with Crippen LogP contribution >= 0.6 is 0 Å². The second kappa shape index (κ2) is 6.67. The van der Waals surface area contributed by atoms with E-state index in [9.17, 15) is 0 Å². The van der Waals surface area contributed by atoms with Crippen LogP contribution in [0.2, 0.25) is 0 Å². The van der Waals surface area contributed by atoms with Gasteiger partial charge in [0.05, 0.1) is 0 Å². The molecule has 0 rings (SSSR count). The Morgan fingerprint density at radius 1 is 1.00 bits per heavy atom. The third-order valence-corrected chi connectivity index (χ3v) is 0.183. The number of hydrogen-bond acceptors (Lipinski definition) is 3. The second-order valence-electron chi connectivity index (χ2n) is 0.610. The van der Waals surface area contributed by atoms with Crippen molar-refractivity contribution in [3.05, 3.63) is 0 Å². The van der Waals surface area contributed by atoms with Gasteiger partial charge in [-0.15, -0.1) is 0 Å². The lowest BCUT2D eigenvalue weighted by Crippen LogP contribution is -2.09. The predicted molar refractivity (Wildman–Crippen MR) is 28.8 cm³/mol. The average Bonchev–Trinajstić information content (AvgIpc) is 1.36. The molecule has 0 aliphatic heterocycles. The molecule has 0 amide bonds. The number of rotatable bonds is 0. The van der Waals surface area contributed by atoms with Crippen LogP contribution in [0.5, 0.6) is 0 Å². The van der Waals surface area contributed by atoms with Gasteiger partial charge in [0.1, 0.15) is 0 Å². The van der Waals surface area contributed by atoms with E-state index in [4.69, 9.17) is 19.8 Å². The normalized spacial score (nSPS) is 5.50. The minimum Gasteiger partial charge on any atom is -0.473 e. The summed E-state index contributed by atoms with van der Waals surface area (Å²) < 4.78 is 0. The maximum Gasteiger partial charge on any atom is 0.414 e. The van der Waals surface area contributed by atoms with Crippen molar-refractivity contribution in [2.75, 3.05) is 0 Å². The Bertz CT molecular complexity index is 80.0. The zero-order valence-corrected chi connectivity index (χ0v) is 3.42. The van der Waals surface area contributed by atoms with Crippen LogP contribution in [0.1, 0.15) is 0 Å². The van der Waals surface area contributed by atoms with Gasteiger partial charge in [-0.25, -0.2) is 9.59 Å². The fraction of sp³-hybridized carbons (Fsp3) is 0. The van der Waals surface area contributed by atoms with E-state index in [1.807, 2.05) is 0 Å². The van der Waals surface area contributed by atoms with Crippen LogP contribution in [-0.4, -0.2) is 45.2 Å². The Morgan fingerprint density at radius 3 is 1.12 bits per heavy atom. The maximum absolute atomic E-state index is 9.10. The van der Waals surface area contributed by atoms with Gasteiger partial charge in [0.25, 0.3) is 0 Å². The molecule has 6 heteroatoms. The lowest BCUT2D eigenvalue weighted by atomic mass is 10.7. The van der Waals surface area contributed by atoms with Gasteiger partial charge in [0.15, 0.2) is 0 Å². The van der Waals surface area contributed by atoms with Crippen molar-refractivity contribution in [1.29, 1.82) is 0 Å². The minimum absolute atomic E-state index is 0. The molecule has 0 aliphatic rings. The summed E-state index contributed by atoms with van der Waals surface area (Å²) in [6.07, 6.45) is 0. The maximum atomic E-state index is 9.10. The molecule has 0 heterocycles. The first-order valence-electron chi connectivity index (χ1n) is 1.11. The largest absolute Gasteiger partial charge is 0.473 e. The number of aliphatic carboxylic acids is 2. The van der Waals surface area contributed by atoms with Gasteiger partial charge in [0.2, 0.25) is 0 Å². The Labute approximate surface area is 61.4 Å². The van der Waals surface area contributed by atoms with E-state index in [0.29, 0.717) is 0 Å². The number of carbonyl (C=O) groups is 2. The van der Waals surface area contributed by atoms with Crippen molar-refractivity contribution in [1.82, 2.24) is 6.15 Å². The molecule has 0 saturated carbocycles. The van der Waals surface area contributed by atoms with Crippen molar-refractivity contribution in [3.8, 4) is 0 Å². The van der Waals surface area contributed by atoms with Crippen molar-refractivity contribution >= 4 is 35.0 Å². The molecule has 0 aliphatic carbocycles. The molecular weight excluding hydrogens is 126 g/mol. The third kappa shape index (κ3) is 9.18. The zero-order chi connectivity index (χ0) is 5.15. The molecule has 0 radical (unpaired) electrons. The van der Waals surface area contributed by atoms with Crippen molar-refractivity contribution in [3.63, 3.8) is 0 Å². The van der Waals surface area contributed by atoms with Crippen molar-refractivity contribution < 1.29 is 19.8 Å². The standard InChI is InChI=1S/C2H2O4.Mg.H3N.2H/c3-1(4)2(5)6;;;;/h(H,3,4)(H,5,6);;1H3;;. The first-order valence-corrected chi connectivity index (χ1v) is 1.11. The molecule has 0 aromatic carbocycles. The first-order chi connectivity index (χ1) is 2.64. The molecule has 0 atom stereocenters. The molecule has 0 spiro atoms. The number of carboxylic acids is 2. The Balaban J connectivity index is -0.000000125. The highest BCUT2D eigenvalue weighted by Gasteiger charge is 2.04. The number of hydrogen-bond donors (Lipinski definition) is 3. The summed E-state index contributed by atoms with van der Waals surface area (Å²) in [5.74, 6) is -3.65. The van der Waals surface area contributed by atoms with Crippen molar-refractivity contribution in [2.45, 2.75) is 0 Å². The van der Waals surface area contributed by atoms with Crippen LogP contribution in [0.15, 0.2) is 0 Å². The minimum atomic E-state index is -1.82. The van der Waals surface area contributed by atoms with E-state index in [-0.39, 0.29) is 29.2 Å². The summed E-state index contributed by atoms with van der Waals surface area (Å²) in [6.45, 7) is 0. The highest BCUT2D eigenvalue weighted by Crippen LogP contribution is 1.56. The van der Waals surface area contributed by atoms with Gasteiger partial charge in [0, 0.05) is 0 Å². The van der Waals surface area contributed by atoms with Crippen molar-refractivity contribution in [2.24, 2.45) is 0 Å². The lowest BCUT2D eigenvalue weighted by Gasteiger charge is -1.72. The Morgan fingerprint density at radius 2 is 1.12 bits per heavy atom. The van der Waals surface area contributed by atoms with Gasteiger partial charge >= 0.3 is 35.0 Å². The number of carboxylic acid groups (broad SMARTS) is 2. The summed E-state index contributed by atoms with van der Waals surface area (Å²) in [6, 6.07) is 0. The Kier molecular flexibility index (Phi) is 13.0. The molecule has 0 fully saturated rings. The quantitative estimate of drug-likeness (QED) is 0.272. The zero-order valence-electron chi connectivity index (χ0n) is 3.42. The van der Waals surface area contributed by atoms with Crippen LogP contribution in [0, 0.1) is 0 Å². The van der Waals surface area contributed by atoms with Crippen LogP contribution in [0.25, 0.3) is 0 Å². The molecule has 0 bridgehead atoms. The fourth-order valence-electron chi connectivity index (χ4n) is 0. The van der Waals surface area contributed by atoms with Crippen LogP contribution in [0.3, 0.4) is 0 Å². The SMILES string of the molecule is N.O=C(O)C(=O)O.[MgH2]. The molecule has 5 N–H and O–H groups in total. The van der Waals surface area contributed by atoms with E-state index >= 15 is 0 Å². The topological polar surface area (TPSA) is 110 Å². The summed E-state index contributed by atoms with van der Waals surface area (Å²) in [7, 11) is 0. The molecule has 5 nitrogen and oxygen atoms in total. The first kappa shape index (κ1) is 15.6. The van der Waals surface area contributed by atoms with Gasteiger partial charge < -0.3 is 16.4 Å². The van der Waals surface area contributed by atoms with E-state index in [1.54, 1.807) is 0 Å². The Hall–Kier alpha value is -0.334. The average molecular weight is 133 g/mol. The van der Waals surface area contributed by atoms with E-state index in [0.717, 1.165) is 0 Å². The molecule has 46 valence electrons. The molecule has 0 aromatic rings. The highest BCUT2D eigenvalue weighted by atomic mass is 24.3. The summed E-state index contributed by atoms with van der Waals surface area (Å²) >= 11 is 0. The van der Waals surface area contributed by atoms with Gasteiger partial charge in [-0.05, 0) is 0 Å². The fourth-order valence-corrected chi connectivity index (χ4v) is 0. The van der Waals surface area contributed by atoms with Crippen LogP contribution in [-0.2, 0) is 9.59 Å². The summed E-state index contributed by atoms with van der Waals surface area (Å²) in [4.78, 5) is 18.2. The third-order valence-electron chi connectivity index (χ3n) is 0.183. The molecule has 8 heavy (non-hydrogen) atoms. The van der Waals surface area contributed by atoms with Gasteiger partial charge in [-0.1, -0.05) is 0 Å². The summed E-state index contributed by atoms with van der Waals surface area (Å²) in [5, 5.41) is 14.8. The molecular formula is C2H7MgNO4. The van der Waals surface area contributed by atoms with E-state index in [2.05, 4.69) is 0 Å². The van der Waals surface area contributed by atoms with Gasteiger partial charge in [-0.3, -0.25) is 0 Å². The lowest BCUT2D eigenvalue weighted by molar-refractivity contribution is -0.159. The summed E-state index contributed by atoms with van der Waals surface area (Å²) in [5.41, 5.74) is 0. The molecule has 0 saturated heterocycles. The van der Waals surface area contributed by atoms with E-state index in [1.165, 1.54) is 0 Å². The van der Waals surface area contributed by atoms with Crippen LogP contribution < -0.4 is 6.15 Å². The smallest absolute Gasteiger partial charge is 0.414 e. The highest BCUT2D eigenvalue weighted by molar-refractivity contribution is 6.27. The second-order valence-corrected chi connectivity index (χ2v) is 0.610. The van der Waals surface area contributed by atoms with Gasteiger partial charge in [-0.2, -0.15) is 0 Å². The van der Waals surface area contributed by atoms with E-state index < -0.39 is 11.9 Å². The monoisotopic (exact) mass is 133 g/mol. The van der Waals surface area contributed by atoms with Crippen LogP contribution in [0.4, 0.5) is 0 Å².